The Morgan fingerprint density at radius 2 is 1.85 bits per heavy atom. The van der Waals surface area contributed by atoms with Crippen LogP contribution in [0.1, 0.15) is 69.8 Å². The molecule has 1 unspecified atom stereocenters. The highest BCUT2D eigenvalue weighted by Gasteiger charge is 2.23. The Kier molecular flexibility index (Phi) is 6.23. The Bertz CT molecular complexity index is 402. The van der Waals surface area contributed by atoms with Crippen LogP contribution in [0.3, 0.4) is 0 Å². The second-order valence-electron chi connectivity index (χ2n) is 5.91. The van der Waals surface area contributed by atoms with Gasteiger partial charge in [-0.05, 0) is 18.1 Å². The molecule has 0 amide bonds. The zero-order valence-electron chi connectivity index (χ0n) is 13.1. The van der Waals surface area contributed by atoms with E-state index in [9.17, 15) is 0 Å². The molecule has 0 aromatic heterocycles. The van der Waals surface area contributed by atoms with Crippen molar-refractivity contribution in [2.24, 2.45) is 0 Å². The first kappa shape index (κ1) is 15.2. The van der Waals surface area contributed by atoms with Crippen molar-refractivity contribution in [3.05, 3.63) is 23.8 Å². The van der Waals surface area contributed by atoms with Crippen molar-refractivity contribution in [2.75, 3.05) is 19.0 Å². The molecule has 1 aliphatic rings. The van der Waals surface area contributed by atoms with E-state index in [0.717, 1.165) is 12.3 Å². The standard InChI is InChI=1S/C18H29NO/c1-3-4-5-6-7-8-9-11-15-14-19-18-16(15)12-10-13-17(18)20-2/h10,12-13,15,19H,3-9,11,14H2,1-2H3. The number of fused-ring (bicyclic) bond motifs is 1. The summed E-state index contributed by atoms with van der Waals surface area (Å²) in [7, 11) is 1.75. The van der Waals surface area contributed by atoms with Crippen LogP contribution in [0.4, 0.5) is 5.69 Å². The van der Waals surface area contributed by atoms with Gasteiger partial charge in [0.15, 0.2) is 0 Å². The minimum atomic E-state index is 0.677. The van der Waals surface area contributed by atoms with E-state index in [0.29, 0.717) is 5.92 Å². The zero-order valence-corrected chi connectivity index (χ0v) is 13.1. The number of para-hydroxylation sites is 1. The molecule has 0 fully saturated rings. The van der Waals surface area contributed by atoms with E-state index < -0.39 is 0 Å². The smallest absolute Gasteiger partial charge is 0.142 e. The predicted octanol–water partition coefficient (Wildman–Crippen LogP) is 5.35. The molecule has 2 nitrogen and oxygen atoms in total. The van der Waals surface area contributed by atoms with E-state index in [1.807, 2.05) is 6.07 Å². The molecule has 0 bridgehead atoms. The first-order chi connectivity index (χ1) is 9.86. The fourth-order valence-corrected chi connectivity index (χ4v) is 3.19. The molecule has 2 rings (SSSR count). The third-order valence-corrected chi connectivity index (χ3v) is 4.40. The van der Waals surface area contributed by atoms with Crippen LogP contribution in [0.15, 0.2) is 18.2 Å². The summed E-state index contributed by atoms with van der Waals surface area (Å²) in [5.41, 5.74) is 2.68. The Hall–Kier alpha value is -1.18. The monoisotopic (exact) mass is 275 g/mol. The summed E-state index contributed by atoms with van der Waals surface area (Å²) in [5.74, 6) is 1.67. The van der Waals surface area contributed by atoms with Crippen LogP contribution in [0.25, 0.3) is 0 Å². The molecule has 1 aromatic carbocycles. The molecule has 1 heterocycles. The molecular weight excluding hydrogens is 246 g/mol. The van der Waals surface area contributed by atoms with Crippen LogP contribution in [0, 0.1) is 0 Å². The van der Waals surface area contributed by atoms with Crippen LogP contribution in [0.2, 0.25) is 0 Å². The van der Waals surface area contributed by atoms with Crippen molar-refractivity contribution in [1.29, 1.82) is 0 Å². The normalized spacial score (nSPS) is 16.8. The van der Waals surface area contributed by atoms with Crippen molar-refractivity contribution >= 4 is 5.69 Å². The molecule has 0 spiro atoms. The van der Waals surface area contributed by atoms with Gasteiger partial charge in [-0.25, -0.2) is 0 Å². The lowest BCUT2D eigenvalue weighted by molar-refractivity contribution is 0.416. The molecule has 20 heavy (non-hydrogen) atoms. The van der Waals surface area contributed by atoms with Gasteiger partial charge >= 0.3 is 0 Å². The highest BCUT2D eigenvalue weighted by molar-refractivity contribution is 5.66. The minimum Gasteiger partial charge on any atom is -0.495 e. The number of hydrogen-bond acceptors (Lipinski definition) is 2. The van der Waals surface area contributed by atoms with Gasteiger partial charge in [0.2, 0.25) is 0 Å². The van der Waals surface area contributed by atoms with Gasteiger partial charge in [-0.1, -0.05) is 64.0 Å². The summed E-state index contributed by atoms with van der Waals surface area (Å²) in [6.45, 7) is 3.35. The van der Waals surface area contributed by atoms with Crippen LogP contribution < -0.4 is 10.1 Å². The number of unbranched alkanes of at least 4 members (excludes halogenated alkanes) is 6. The van der Waals surface area contributed by atoms with Gasteiger partial charge in [0.25, 0.3) is 0 Å². The van der Waals surface area contributed by atoms with Gasteiger partial charge in [0.05, 0.1) is 12.8 Å². The largest absolute Gasteiger partial charge is 0.495 e. The maximum atomic E-state index is 5.42. The van der Waals surface area contributed by atoms with Crippen LogP contribution >= 0.6 is 0 Å². The molecule has 1 N–H and O–H groups in total. The fourth-order valence-electron chi connectivity index (χ4n) is 3.19. The van der Waals surface area contributed by atoms with Crippen molar-refractivity contribution in [3.63, 3.8) is 0 Å². The average Bonchev–Trinajstić information content (AvgIpc) is 2.89. The minimum absolute atomic E-state index is 0.677. The van der Waals surface area contributed by atoms with Gasteiger partial charge in [0.1, 0.15) is 5.75 Å². The lowest BCUT2D eigenvalue weighted by Gasteiger charge is -2.10. The number of methoxy groups -OCH3 is 1. The zero-order chi connectivity index (χ0) is 14.2. The van der Waals surface area contributed by atoms with Crippen molar-refractivity contribution < 1.29 is 4.74 Å². The molecule has 0 radical (unpaired) electrons. The molecule has 0 saturated carbocycles. The van der Waals surface area contributed by atoms with Gasteiger partial charge < -0.3 is 10.1 Å². The highest BCUT2D eigenvalue weighted by atomic mass is 16.5. The fraction of sp³-hybridized carbons (Fsp3) is 0.667. The van der Waals surface area contributed by atoms with Gasteiger partial charge in [-0.2, -0.15) is 0 Å². The van der Waals surface area contributed by atoms with E-state index in [1.165, 1.54) is 62.6 Å². The number of nitrogens with one attached hydrogen (secondary N) is 1. The number of anilines is 1. The third kappa shape index (κ3) is 3.91. The molecule has 0 aliphatic carbocycles. The summed E-state index contributed by atoms with van der Waals surface area (Å²) < 4.78 is 5.42. The molecule has 112 valence electrons. The van der Waals surface area contributed by atoms with Crippen molar-refractivity contribution in [2.45, 2.75) is 64.2 Å². The Balaban J connectivity index is 1.72. The summed E-state index contributed by atoms with van der Waals surface area (Å²) in [6, 6.07) is 6.41. The number of rotatable bonds is 9. The molecule has 1 aliphatic heterocycles. The van der Waals surface area contributed by atoms with E-state index in [-0.39, 0.29) is 0 Å². The molecule has 2 heteroatoms. The first-order valence-electron chi connectivity index (χ1n) is 8.27. The summed E-state index contributed by atoms with van der Waals surface area (Å²) in [5, 5.41) is 3.51. The molecular formula is C18H29NO. The third-order valence-electron chi connectivity index (χ3n) is 4.40. The Labute approximate surface area is 123 Å². The average molecular weight is 275 g/mol. The molecule has 1 atom stereocenters. The lowest BCUT2D eigenvalue weighted by atomic mass is 9.94. The molecule has 0 saturated heterocycles. The highest BCUT2D eigenvalue weighted by Crippen LogP contribution is 2.40. The van der Waals surface area contributed by atoms with Gasteiger partial charge in [0, 0.05) is 12.5 Å². The number of benzene rings is 1. The second-order valence-corrected chi connectivity index (χ2v) is 5.91. The van der Waals surface area contributed by atoms with E-state index in [2.05, 4.69) is 24.4 Å². The van der Waals surface area contributed by atoms with Crippen LogP contribution in [-0.4, -0.2) is 13.7 Å². The SMILES string of the molecule is CCCCCCCCCC1CNc2c(OC)cccc21. The van der Waals surface area contributed by atoms with Crippen LogP contribution in [0.5, 0.6) is 5.75 Å². The van der Waals surface area contributed by atoms with Gasteiger partial charge in [-0.3, -0.25) is 0 Å². The quantitative estimate of drug-likeness (QED) is 0.614. The Morgan fingerprint density at radius 1 is 1.10 bits per heavy atom. The lowest BCUT2D eigenvalue weighted by Crippen LogP contribution is -2.01. The first-order valence-corrected chi connectivity index (χ1v) is 8.27. The summed E-state index contributed by atoms with van der Waals surface area (Å²) in [4.78, 5) is 0. The summed E-state index contributed by atoms with van der Waals surface area (Å²) in [6.07, 6.45) is 11.0. The number of ether oxygens (including phenoxy) is 1. The van der Waals surface area contributed by atoms with Crippen LogP contribution in [-0.2, 0) is 0 Å². The maximum absolute atomic E-state index is 5.42. The summed E-state index contributed by atoms with van der Waals surface area (Å²) >= 11 is 0. The molecule has 1 aromatic rings. The predicted molar refractivity (Wildman–Crippen MR) is 86.8 cm³/mol. The van der Waals surface area contributed by atoms with E-state index >= 15 is 0 Å². The van der Waals surface area contributed by atoms with E-state index in [4.69, 9.17) is 4.74 Å². The number of hydrogen-bond donors (Lipinski definition) is 1. The van der Waals surface area contributed by atoms with E-state index in [1.54, 1.807) is 7.11 Å². The van der Waals surface area contributed by atoms with Gasteiger partial charge in [-0.15, -0.1) is 0 Å². The van der Waals surface area contributed by atoms with Crippen molar-refractivity contribution in [3.8, 4) is 5.75 Å². The maximum Gasteiger partial charge on any atom is 0.142 e. The second kappa shape index (κ2) is 8.18. The topological polar surface area (TPSA) is 21.3 Å². The van der Waals surface area contributed by atoms with Crippen molar-refractivity contribution in [1.82, 2.24) is 0 Å². The Morgan fingerprint density at radius 3 is 2.60 bits per heavy atom.